The zero-order chi connectivity index (χ0) is 13.8. The lowest BCUT2D eigenvalue weighted by molar-refractivity contribution is 0.137. The van der Waals surface area contributed by atoms with Crippen molar-refractivity contribution in [1.82, 2.24) is 15.1 Å². The number of hydrogen-bond acceptors (Lipinski definition) is 3. The summed E-state index contributed by atoms with van der Waals surface area (Å²) < 4.78 is 0. The summed E-state index contributed by atoms with van der Waals surface area (Å²) in [6.07, 6.45) is 5.33. The molecule has 0 aliphatic carbocycles. The smallest absolute Gasteiger partial charge is 0.00966 e. The van der Waals surface area contributed by atoms with E-state index >= 15 is 0 Å². The van der Waals surface area contributed by atoms with Crippen LogP contribution in [0.3, 0.4) is 0 Å². The van der Waals surface area contributed by atoms with Gasteiger partial charge in [0.2, 0.25) is 0 Å². The Balaban J connectivity index is 1.68. The van der Waals surface area contributed by atoms with Crippen molar-refractivity contribution in [1.29, 1.82) is 0 Å². The molecule has 0 aromatic rings. The summed E-state index contributed by atoms with van der Waals surface area (Å²) in [5, 5.41) is 3.93. The molecule has 3 heteroatoms. The molecule has 2 aliphatic heterocycles. The van der Waals surface area contributed by atoms with Gasteiger partial charge < -0.3 is 15.1 Å². The van der Waals surface area contributed by atoms with Crippen LogP contribution in [-0.2, 0) is 0 Å². The molecule has 0 radical (unpaired) electrons. The maximum Gasteiger partial charge on any atom is 0.00966 e. The fourth-order valence-corrected chi connectivity index (χ4v) is 3.57. The van der Waals surface area contributed by atoms with Crippen molar-refractivity contribution < 1.29 is 0 Å². The van der Waals surface area contributed by atoms with E-state index in [1.165, 1.54) is 51.9 Å². The maximum absolute atomic E-state index is 3.93. The second-order valence-corrected chi connectivity index (χ2v) is 7.19. The Hall–Kier alpha value is -0.120. The van der Waals surface area contributed by atoms with Crippen LogP contribution in [0.1, 0.15) is 46.5 Å². The largest absolute Gasteiger partial charge is 0.311 e. The normalized spacial score (nSPS) is 32.1. The van der Waals surface area contributed by atoms with Gasteiger partial charge in [-0.1, -0.05) is 13.8 Å². The first-order chi connectivity index (χ1) is 9.04. The minimum atomic E-state index is 0.743. The Morgan fingerprint density at radius 1 is 1.05 bits per heavy atom. The maximum atomic E-state index is 3.93. The number of nitrogens with one attached hydrogen (secondary N) is 1. The van der Waals surface area contributed by atoms with E-state index in [4.69, 9.17) is 0 Å². The molecule has 1 N–H and O–H groups in total. The van der Waals surface area contributed by atoms with Crippen LogP contribution in [0, 0.1) is 5.92 Å². The summed E-state index contributed by atoms with van der Waals surface area (Å²) in [6, 6.07) is 2.27. The zero-order valence-electron chi connectivity index (χ0n) is 13.4. The Kier molecular flexibility index (Phi) is 5.67. The SMILES string of the molecule is CC(C)CN1CCC(NC2CCN(C)C(C)C2)CC1. The highest BCUT2D eigenvalue weighted by molar-refractivity contribution is 4.86. The van der Waals surface area contributed by atoms with Crippen molar-refractivity contribution in [3.63, 3.8) is 0 Å². The summed E-state index contributed by atoms with van der Waals surface area (Å²) in [5.74, 6) is 0.805. The molecule has 2 unspecified atom stereocenters. The summed E-state index contributed by atoms with van der Waals surface area (Å²) in [5.41, 5.74) is 0. The van der Waals surface area contributed by atoms with Gasteiger partial charge in [-0.05, 0) is 65.2 Å². The number of likely N-dealkylation sites (tertiary alicyclic amines) is 2. The van der Waals surface area contributed by atoms with Crippen molar-refractivity contribution >= 4 is 0 Å². The Bertz CT molecular complexity index is 259. The Morgan fingerprint density at radius 2 is 1.68 bits per heavy atom. The summed E-state index contributed by atoms with van der Waals surface area (Å²) in [7, 11) is 2.26. The monoisotopic (exact) mass is 267 g/mol. The first kappa shape index (κ1) is 15.3. The van der Waals surface area contributed by atoms with E-state index < -0.39 is 0 Å². The standard InChI is InChI=1S/C16H33N3/c1-13(2)12-19-9-6-15(7-10-19)17-16-5-8-18(4)14(3)11-16/h13-17H,5-12H2,1-4H3. The molecular formula is C16H33N3. The van der Waals surface area contributed by atoms with Crippen LogP contribution < -0.4 is 5.32 Å². The lowest BCUT2D eigenvalue weighted by Gasteiger charge is -2.39. The van der Waals surface area contributed by atoms with Gasteiger partial charge >= 0.3 is 0 Å². The van der Waals surface area contributed by atoms with E-state index in [0.717, 1.165) is 24.0 Å². The van der Waals surface area contributed by atoms with Gasteiger partial charge in [-0.25, -0.2) is 0 Å². The van der Waals surface area contributed by atoms with Gasteiger partial charge in [-0.2, -0.15) is 0 Å². The highest BCUT2D eigenvalue weighted by atomic mass is 15.2. The van der Waals surface area contributed by atoms with E-state index in [-0.39, 0.29) is 0 Å². The fourth-order valence-electron chi connectivity index (χ4n) is 3.57. The third-order valence-electron chi connectivity index (χ3n) is 4.89. The molecule has 2 aliphatic rings. The first-order valence-corrected chi connectivity index (χ1v) is 8.23. The van der Waals surface area contributed by atoms with Crippen molar-refractivity contribution in [2.24, 2.45) is 5.92 Å². The van der Waals surface area contributed by atoms with Crippen LogP contribution in [0.2, 0.25) is 0 Å². The van der Waals surface area contributed by atoms with Crippen LogP contribution in [0.5, 0.6) is 0 Å². The zero-order valence-corrected chi connectivity index (χ0v) is 13.4. The van der Waals surface area contributed by atoms with E-state index in [9.17, 15) is 0 Å². The van der Waals surface area contributed by atoms with Crippen molar-refractivity contribution in [2.75, 3.05) is 33.2 Å². The van der Waals surface area contributed by atoms with Gasteiger partial charge in [-0.3, -0.25) is 0 Å². The van der Waals surface area contributed by atoms with E-state index in [2.05, 4.69) is 42.9 Å². The topological polar surface area (TPSA) is 18.5 Å². The molecule has 3 nitrogen and oxygen atoms in total. The minimum Gasteiger partial charge on any atom is -0.311 e. The van der Waals surface area contributed by atoms with Crippen LogP contribution in [0.15, 0.2) is 0 Å². The van der Waals surface area contributed by atoms with Crippen LogP contribution >= 0.6 is 0 Å². The molecular weight excluding hydrogens is 234 g/mol. The van der Waals surface area contributed by atoms with Crippen molar-refractivity contribution in [3.8, 4) is 0 Å². The second kappa shape index (κ2) is 7.05. The number of piperidine rings is 2. The average Bonchev–Trinajstić information content (AvgIpc) is 2.36. The third-order valence-corrected chi connectivity index (χ3v) is 4.89. The Labute approximate surface area is 119 Å². The van der Waals surface area contributed by atoms with Gasteiger partial charge in [0, 0.05) is 24.7 Å². The predicted molar refractivity (Wildman–Crippen MR) is 82.5 cm³/mol. The molecule has 0 amide bonds. The van der Waals surface area contributed by atoms with Gasteiger partial charge in [-0.15, -0.1) is 0 Å². The molecule has 2 heterocycles. The molecule has 2 rings (SSSR count). The molecule has 19 heavy (non-hydrogen) atoms. The lowest BCUT2D eigenvalue weighted by Crippen LogP contribution is -2.51. The quantitative estimate of drug-likeness (QED) is 0.842. The summed E-state index contributed by atoms with van der Waals surface area (Å²) >= 11 is 0. The predicted octanol–water partition coefficient (Wildman–Crippen LogP) is 2.18. The Morgan fingerprint density at radius 3 is 2.26 bits per heavy atom. The third kappa shape index (κ3) is 4.73. The number of hydrogen-bond donors (Lipinski definition) is 1. The molecule has 2 atom stereocenters. The van der Waals surface area contributed by atoms with Gasteiger partial charge in [0.05, 0.1) is 0 Å². The lowest BCUT2D eigenvalue weighted by atomic mass is 9.96. The summed E-state index contributed by atoms with van der Waals surface area (Å²) in [4.78, 5) is 5.13. The molecule has 112 valence electrons. The van der Waals surface area contributed by atoms with E-state index in [1.54, 1.807) is 0 Å². The van der Waals surface area contributed by atoms with Crippen LogP contribution in [0.25, 0.3) is 0 Å². The highest BCUT2D eigenvalue weighted by Gasteiger charge is 2.26. The molecule has 0 aromatic carbocycles. The first-order valence-electron chi connectivity index (χ1n) is 8.23. The van der Waals surface area contributed by atoms with Crippen LogP contribution in [-0.4, -0.2) is 61.2 Å². The van der Waals surface area contributed by atoms with E-state index in [0.29, 0.717) is 0 Å². The summed E-state index contributed by atoms with van der Waals surface area (Å²) in [6.45, 7) is 12.1. The molecule has 0 bridgehead atoms. The molecule has 2 fully saturated rings. The van der Waals surface area contributed by atoms with Crippen molar-refractivity contribution in [3.05, 3.63) is 0 Å². The van der Waals surface area contributed by atoms with Crippen LogP contribution in [0.4, 0.5) is 0 Å². The number of rotatable bonds is 4. The molecule has 0 aromatic heterocycles. The van der Waals surface area contributed by atoms with Gasteiger partial charge in [0.1, 0.15) is 0 Å². The molecule has 0 spiro atoms. The molecule has 0 saturated carbocycles. The van der Waals surface area contributed by atoms with E-state index in [1.807, 2.05) is 0 Å². The average molecular weight is 267 g/mol. The molecule has 2 saturated heterocycles. The number of nitrogens with zero attached hydrogens (tertiary/aromatic N) is 2. The van der Waals surface area contributed by atoms with Crippen molar-refractivity contribution in [2.45, 2.75) is 64.6 Å². The highest BCUT2D eigenvalue weighted by Crippen LogP contribution is 2.19. The second-order valence-electron chi connectivity index (χ2n) is 7.19. The van der Waals surface area contributed by atoms with Gasteiger partial charge in [0.15, 0.2) is 0 Å². The fraction of sp³-hybridized carbons (Fsp3) is 1.00. The minimum absolute atomic E-state index is 0.743. The van der Waals surface area contributed by atoms with Gasteiger partial charge in [0.25, 0.3) is 0 Å².